The summed E-state index contributed by atoms with van der Waals surface area (Å²) in [5.74, 6) is -1.52. The number of nitrogens with two attached hydrogens (primary N) is 1. The first-order valence-electron chi connectivity index (χ1n) is 5.33. The number of hydrogen-bond acceptors (Lipinski definition) is 5. The number of aliphatic carboxylic acids is 1. The molecule has 0 saturated carbocycles. The maximum Gasteiger partial charge on any atom is 0.323 e. The van der Waals surface area contributed by atoms with Crippen LogP contribution in [-0.2, 0) is 24.8 Å². The van der Waals surface area contributed by atoms with Crippen LogP contribution in [0.4, 0.5) is 5.69 Å². The van der Waals surface area contributed by atoms with Crippen LogP contribution in [0, 0.1) is 6.92 Å². The van der Waals surface area contributed by atoms with Gasteiger partial charge in [0.2, 0.25) is 20.0 Å². The molecule has 1 aromatic carbocycles. The van der Waals surface area contributed by atoms with E-state index in [1.54, 1.807) is 0 Å². The second kappa shape index (κ2) is 5.38. The third-order valence-corrected chi connectivity index (χ3v) is 5.35. The average molecular weight is 322 g/mol. The lowest BCUT2D eigenvalue weighted by molar-refractivity contribution is -0.136. The highest BCUT2D eigenvalue weighted by Crippen LogP contribution is 2.23. The van der Waals surface area contributed by atoms with E-state index in [1.807, 2.05) is 0 Å². The van der Waals surface area contributed by atoms with Crippen molar-refractivity contribution < 1.29 is 26.7 Å². The van der Waals surface area contributed by atoms with E-state index < -0.39 is 31.3 Å². The number of sulfonamides is 2. The number of carbonyl (C=O) groups is 1. The Labute approximate surface area is 116 Å². The van der Waals surface area contributed by atoms with Crippen molar-refractivity contribution in [3.8, 4) is 0 Å². The van der Waals surface area contributed by atoms with Crippen LogP contribution >= 0.6 is 0 Å². The Bertz CT molecular complexity index is 739. The minimum absolute atomic E-state index is 0.0374. The van der Waals surface area contributed by atoms with Gasteiger partial charge in [-0.3, -0.25) is 9.52 Å². The fourth-order valence-corrected chi connectivity index (χ4v) is 3.18. The molecule has 4 N–H and O–H groups in total. The summed E-state index contributed by atoms with van der Waals surface area (Å²) in [7, 11) is -8.18. The number of nitrogens with one attached hydrogen (secondary N) is 1. The van der Waals surface area contributed by atoms with Crippen LogP contribution in [0.25, 0.3) is 0 Å². The zero-order chi connectivity index (χ0) is 15.7. The summed E-state index contributed by atoms with van der Waals surface area (Å²) in [5.41, 5.74) is 0.0563. The molecular formula is C10H14N2O6S2. The lowest BCUT2D eigenvalue weighted by atomic mass is 10.2. The molecule has 0 aromatic heterocycles. The molecule has 0 amide bonds. The summed E-state index contributed by atoms with van der Waals surface area (Å²) < 4.78 is 48.3. The molecule has 8 nitrogen and oxygen atoms in total. The predicted octanol–water partition coefficient (Wildman–Crippen LogP) is -0.143. The molecule has 1 atom stereocenters. The Morgan fingerprint density at radius 3 is 2.30 bits per heavy atom. The highest BCUT2D eigenvalue weighted by molar-refractivity contribution is 7.94. The van der Waals surface area contributed by atoms with Gasteiger partial charge in [-0.1, -0.05) is 6.07 Å². The van der Waals surface area contributed by atoms with Gasteiger partial charge >= 0.3 is 5.97 Å². The molecule has 0 bridgehead atoms. The van der Waals surface area contributed by atoms with E-state index in [9.17, 15) is 21.6 Å². The minimum Gasteiger partial charge on any atom is -0.480 e. The maximum atomic E-state index is 11.8. The Morgan fingerprint density at radius 1 is 1.30 bits per heavy atom. The van der Waals surface area contributed by atoms with Gasteiger partial charge in [0.25, 0.3) is 0 Å². The Kier molecular flexibility index (Phi) is 4.42. The first-order valence-corrected chi connectivity index (χ1v) is 8.43. The van der Waals surface area contributed by atoms with E-state index in [0.29, 0.717) is 0 Å². The van der Waals surface area contributed by atoms with Crippen molar-refractivity contribution in [2.24, 2.45) is 5.14 Å². The second-order valence-corrected chi connectivity index (χ2v) is 7.63. The van der Waals surface area contributed by atoms with Gasteiger partial charge in [-0.2, -0.15) is 0 Å². The first-order chi connectivity index (χ1) is 8.97. The van der Waals surface area contributed by atoms with Gasteiger partial charge in [0.05, 0.1) is 10.6 Å². The molecule has 112 valence electrons. The molecule has 0 heterocycles. The van der Waals surface area contributed by atoms with Gasteiger partial charge in [0.1, 0.15) is 0 Å². The number of anilines is 1. The Morgan fingerprint density at radius 2 is 1.85 bits per heavy atom. The number of carboxylic acids is 1. The van der Waals surface area contributed by atoms with Crippen LogP contribution in [-0.4, -0.2) is 33.2 Å². The number of benzene rings is 1. The summed E-state index contributed by atoms with van der Waals surface area (Å²) in [6, 6.07) is 3.84. The predicted molar refractivity (Wildman–Crippen MR) is 72.2 cm³/mol. The van der Waals surface area contributed by atoms with Crippen molar-refractivity contribution in [3.05, 3.63) is 23.8 Å². The zero-order valence-corrected chi connectivity index (χ0v) is 12.3. The van der Waals surface area contributed by atoms with Crippen LogP contribution in [0.15, 0.2) is 23.1 Å². The third kappa shape index (κ3) is 3.46. The number of carboxylic acid groups (broad SMARTS) is 1. The smallest absolute Gasteiger partial charge is 0.323 e. The van der Waals surface area contributed by atoms with Crippen molar-refractivity contribution in [2.75, 3.05) is 4.72 Å². The lowest BCUT2D eigenvalue weighted by Gasteiger charge is -2.14. The fraction of sp³-hybridized carbons (Fsp3) is 0.300. The molecule has 1 aromatic rings. The topological polar surface area (TPSA) is 144 Å². The molecule has 0 aliphatic rings. The molecule has 0 radical (unpaired) electrons. The van der Waals surface area contributed by atoms with Crippen LogP contribution in [0.2, 0.25) is 0 Å². The molecule has 0 saturated heterocycles. The largest absolute Gasteiger partial charge is 0.480 e. The number of primary sulfonamides is 1. The molecule has 20 heavy (non-hydrogen) atoms. The summed E-state index contributed by atoms with van der Waals surface area (Å²) in [5, 5.41) is 12.0. The summed E-state index contributed by atoms with van der Waals surface area (Å²) in [6.07, 6.45) is 0. The van der Waals surface area contributed by atoms with E-state index in [-0.39, 0.29) is 16.1 Å². The lowest BCUT2D eigenvalue weighted by Crippen LogP contribution is -2.32. The summed E-state index contributed by atoms with van der Waals surface area (Å²) in [6.45, 7) is 2.37. The molecule has 1 rings (SSSR count). The average Bonchev–Trinajstić information content (AvgIpc) is 2.28. The van der Waals surface area contributed by atoms with Crippen LogP contribution in [0.3, 0.4) is 0 Å². The SMILES string of the molecule is Cc1c(NS(=O)(=O)C(C)C(=O)O)cccc1S(N)(=O)=O. The monoisotopic (exact) mass is 322 g/mol. The van der Waals surface area contributed by atoms with E-state index in [1.165, 1.54) is 25.1 Å². The Hall–Kier alpha value is -1.65. The fourth-order valence-electron chi connectivity index (χ4n) is 1.41. The van der Waals surface area contributed by atoms with Crippen LogP contribution < -0.4 is 9.86 Å². The molecule has 0 aliphatic heterocycles. The van der Waals surface area contributed by atoms with E-state index in [0.717, 1.165) is 6.92 Å². The normalized spacial score (nSPS) is 13.8. The first kappa shape index (κ1) is 16.4. The van der Waals surface area contributed by atoms with Gasteiger partial charge < -0.3 is 5.11 Å². The van der Waals surface area contributed by atoms with Crippen LogP contribution in [0.5, 0.6) is 0 Å². The number of hydrogen-bond donors (Lipinski definition) is 3. The second-order valence-electron chi connectivity index (χ2n) is 4.10. The van der Waals surface area contributed by atoms with Crippen molar-refractivity contribution >= 4 is 31.7 Å². The molecule has 0 aliphatic carbocycles. The van der Waals surface area contributed by atoms with Gasteiger partial charge in [0, 0.05) is 0 Å². The van der Waals surface area contributed by atoms with Gasteiger partial charge in [-0.05, 0) is 31.5 Å². The van der Waals surface area contributed by atoms with Crippen molar-refractivity contribution in [1.29, 1.82) is 0 Å². The number of rotatable bonds is 5. The highest BCUT2D eigenvalue weighted by atomic mass is 32.2. The Balaban J connectivity index is 3.28. The molecular weight excluding hydrogens is 308 g/mol. The minimum atomic E-state index is -4.18. The molecule has 10 heteroatoms. The van der Waals surface area contributed by atoms with Crippen molar-refractivity contribution in [2.45, 2.75) is 24.0 Å². The van der Waals surface area contributed by atoms with Crippen LogP contribution in [0.1, 0.15) is 12.5 Å². The van der Waals surface area contributed by atoms with Gasteiger partial charge in [-0.15, -0.1) is 0 Å². The van der Waals surface area contributed by atoms with E-state index in [2.05, 4.69) is 4.72 Å². The maximum absolute atomic E-state index is 11.8. The van der Waals surface area contributed by atoms with Gasteiger partial charge in [0.15, 0.2) is 5.25 Å². The van der Waals surface area contributed by atoms with Crippen molar-refractivity contribution in [3.63, 3.8) is 0 Å². The quantitative estimate of drug-likeness (QED) is 0.688. The highest BCUT2D eigenvalue weighted by Gasteiger charge is 2.28. The van der Waals surface area contributed by atoms with Gasteiger partial charge in [-0.25, -0.2) is 22.0 Å². The van der Waals surface area contributed by atoms with E-state index >= 15 is 0 Å². The molecule has 1 unspecified atom stereocenters. The molecule has 0 spiro atoms. The summed E-state index contributed by atoms with van der Waals surface area (Å²) >= 11 is 0. The van der Waals surface area contributed by atoms with Crippen molar-refractivity contribution in [1.82, 2.24) is 0 Å². The summed E-state index contributed by atoms with van der Waals surface area (Å²) in [4.78, 5) is 10.5. The zero-order valence-electron chi connectivity index (χ0n) is 10.7. The van der Waals surface area contributed by atoms with E-state index in [4.69, 9.17) is 10.2 Å². The standard InChI is InChI=1S/C10H14N2O6S2/c1-6-8(4-3-5-9(6)19(11,15)16)12-20(17,18)7(2)10(13)14/h3-5,7,12H,1-2H3,(H,13,14)(H2,11,15,16). The molecule has 0 fully saturated rings. The third-order valence-electron chi connectivity index (χ3n) is 2.66.